The van der Waals surface area contributed by atoms with Gasteiger partial charge in [-0.15, -0.1) is 0 Å². The Morgan fingerprint density at radius 2 is 1.95 bits per heavy atom. The Morgan fingerprint density at radius 1 is 1.26 bits per heavy atom. The molecule has 0 radical (unpaired) electrons. The van der Waals surface area contributed by atoms with Crippen LogP contribution in [-0.4, -0.2) is 15.0 Å². The number of anilines is 1. The number of benzene rings is 1. The number of rotatable bonds is 7. The molecule has 0 aliphatic carbocycles. The van der Waals surface area contributed by atoms with Crippen molar-refractivity contribution in [2.24, 2.45) is 0 Å². The van der Waals surface area contributed by atoms with Gasteiger partial charge in [-0.05, 0) is 31.0 Å². The summed E-state index contributed by atoms with van der Waals surface area (Å²) < 4.78 is 40.0. The van der Waals surface area contributed by atoms with Gasteiger partial charge in [-0.1, -0.05) is 26.2 Å². The van der Waals surface area contributed by atoms with Crippen molar-refractivity contribution in [2.45, 2.75) is 44.4 Å². The van der Waals surface area contributed by atoms with E-state index in [4.69, 9.17) is 5.73 Å². The number of nitrogens with one attached hydrogen (secondary N) is 1. The summed E-state index contributed by atoms with van der Waals surface area (Å²) >= 11 is 0. The molecule has 3 N–H and O–H groups in total. The first kappa shape index (κ1) is 15.9. The van der Waals surface area contributed by atoms with Gasteiger partial charge in [0.2, 0.25) is 10.0 Å². The quantitative estimate of drug-likeness (QED) is 0.598. The van der Waals surface area contributed by atoms with Gasteiger partial charge in [0.15, 0.2) is 0 Å². The van der Waals surface area contributed by atoms with E-state index in [-0.39, 0.29) is 10.6 Å². The van der Waals surface area contributed by atoms with E-state index in [1.54, 1.807) is 6.92 Å². The van der Waals surface area contributed by atoms with Crippen LogP contribution in [0.5, 0.6) is 0 Å². The predicted octanol–water partition coefficient (Wildman–Crippen LogP) is 2.57. The molecule has 0 heterocycles. The number of hydrogen-bond acceptors (Lipinski definition) is 3. The van der Waals surface area contributed by atoms with Crippen molar-refractivity contribution in [3.8, 4) is 0 Å². The first-order valence-corrected chi connectivity index (χ1v) is 7.92. The van der Waals surface area contributed by atoms with Gasteiger partial charge in [0.05, 0.1) is 0 Å². The average molecular weight is 288 g/mol. The van der Waals surface area contributed by atoms with E-state index in [2.05, 4.69) is 11.6 Å². The van der Waals surface area contributed by atoms with Crippen LogP contribution in [0, 0.1) is 12.7 Å². The van der Waals surface area contributed by atoms with Crippen LogP contribution >= 0.6 is 0 Å². The minimum absolute atomic E-state index is 0.271. The fourth-order valence-electron chi connectivity index (χ4n) is 1.71. The SMILES string of the molecule is CCCCCCNS(=O)(=O)c1cc(N)c(C)cc1F. The third-order valence-corrected chi connectivity index (χ3v) is 4.41. The Hall–Kier alpha value is -1.14. The van der Waals surface area contributed by atoms with E-state index in [1.807, 2.05) is 0 Å². The monoisotopic (exact) mass is 288 g/mol. The summed E-state index contributed by atoms with van der Waals surface area (Å²) in [5.74, 6) is -0.771. The van der Waals surface area contributed by atoms with E-state index in [9.17, 15) is 12.8 Å². The third-order valence-electron chi connectivity index (χ3n) is 2.93. The maximum absolute atomic E-state index is 13.7. The molecule has 1 rings (SSSR count). The lowest BCUT2D eigenvalue weighted by atomic mass is 10.2. The standard InChI is InChI=1S/C13H21FN2O2S/c1-3-4-5-6-7-16-19(17,18)13-9-12(15)10(2)8-11(13)14/h8-9,16H,3-7,15H2,1-2H3. The molecule has 0 aliphatic heterocycles. The van der Waals surface area contributed by atoms with E-state index < -0.39 is 15.8 Å². The molecular weight excluding hydrogens is 267 g/mol. The van der Waals surface area contributed by atoms with Crippen molar-refractivity contribution in [3.63, 3.8) is 0 Å². The molecule has 0 saturated heterocycles. The summed E-state index contributed by atoms with van der Waals surface area (Å²) in [5, 5.41) is 0. The third kappa shape index (κ3) is 4.47. The fourth-order valence-corrected chi connectivity index (χ4v) is 2.88. The van der Waals surface area contributed by atoms with Crippen molar-refractivity contribution in [1.29, 1.82) is 0 Å². The molecule has 0 aromatic heterocycles. The van der Waals surface area contributed by atoms with Crippen LogP contribution in [0.15, 0.2) is 17.0 Å². The highest BCUT2D eigenvalue weighted by molar-refractivity contribution is 7.89. The summed E-state index contributed by atoms with van der Waals surface area (Å²) in [5.41, 5.74) is 6.42. The normalized spacial score (nSPS) is 11.7. The molecule has 0 amide bonds. The topological polar surface area (TPSA) is 72.2 Å². The Morgan fingerprint density at radius 3 is 2.58 bits per heavy atom. The zero-order chi connectivity index (χ0) is 14.5. The van der Waals surface area contributed by atoms with Crippen molar-refractivity contribution in [2.75, 3.05) is 12.3 Å². The minimum atomic E-state index is -3.82. The Labute approximate surface area is 114 Å². The van der Waals surface area contributed by atoms with Crippen LogP contribution in [0.1, 0.15) is 38.2 Å². The number of aryl methyl sites for hydroxylation is 1. The minimum Gasteiger partial charge on any atom is -0.398 e. The molecule has 19 heavy (non-hydrogen) atoms. The van der Waals surface area contributed by atoms with Crippen LogP contribution in [0.4, 0.5) is 10.1 Å². The molecule has 0 fully saturated rings. The number of unbranched alkanes of at least 4 members (excludes halogenated alkanes) is 3. The molecule has 0 spiro atoms. The van der Waals surface area contributed by atoms with Crippen molar-refractivity contribution >= 4 is 15.7 Å². The van der Waals surface area contributed by atoms with Gasteiger partial charge in [-0.2, -0.15) is 0 Å². The lowest BCUT2D eigenvalue weighted by molar-refractivity contribution is 0.552. The van der Waals surface area contributed by atoms with Gasteiger partial charge >= 0.3 is 0 Å². The van der Waals surface area contributed by atoms with Crippen LogP contribution in [0.3, 0.4) is 0 Å². The molecule has 1 aromatic rings. The maximum Gasteiger partial charge on any atom is 0.243 e. The van der Waals surface area contributed by atoms with Gasteiger partial charge < -0.3 is 5.73 Å². The molecular formula is C13H21FN2O2S. The predicted molar refractivity (Wildman–Crippen MR) is 74.9 cm³/mol. The Kier molecular flexibility index (Phi) is 5.75. The van der Waals surface area contributed by atoms with Gasteiger partial charge in [0.1, 0.15) is 10.7 Å². The first-order valence-electron chi connectivity index (χ1n) is 6.43. The molecule has 0 saturated carbocycles. The summed E-state index contributed by atoms with van der Waals surface area (Å²) in [7, 11) is -3.82. The highest BCUT2D eigenvalue weighted by atomic mass is 32.2. The van der Waals surface area contributed by atoms with Crippen molar-refractivity contribution in [3.05, 3.63) is 23.5 Å². The van der Waals surface area contributed by atoms with Crippen LogP contribution in [0.25, 0.3) is 0 Å². The number of nitrogen functional groups attached to an aromatic ring is 1. The summed E-state index contributed by atoms with van der Waals surface area (Å²) in [6, 6.07) is 2.31. The Balaban J connectivity index is 2.75. The first-order chi connectivity index (χ1) is 8.88. The summed E-state index contributed by atoms with van der Waals surface area (Å²) in [4.78, 5) is -0.383. The van der Waals surface area contributed by atoms with Gasteiger partial charge in [-0.3, -0.25) is 0 Å². The fraction of sp³-hybridized carbons (Fsp3) is 0.538. The molecule has 1 aromatic carbocycles. The number of nitrogens with two attached hydrogens (primary N) is 1. The maximum atomic E-state index is 13.7. The molecule has 6 heteroatoms. The highest BCUT2D eigenvalue weighted by Gasteiger charge is 2.19. The van der Waals surface area contributed by atoms with Gasteiger partial charge in [0.25, 0.3) is 0 Å². The lowest BCUT2D eigenvalue weighted by Crippen LogP contribution is -2.26. The van der Waals surface area contributed by atoms with E-state index >= 15 is 0 Å². The molecule has 0 unspecified atom stereocenters. The van der Waals surface area contributed by atoms with E-state index in [1.165, 1.54) is 6.07 Å². The van der Waals surface area contributed by atoms with Crippen LogP contribution < -0.4 is 10.5 Å². The van der Waals surface area contributed by atoms with Crippen molar-refractivity contribution in [1.82, 2.24) is 4.72 Å². The van der Waals surface area contributed by atoms with Crippen LogP contribution in [-0.2, 0) is 10.0 Å². The molecule has 0 atom stereocenters. The van der Waals surface area contributed by atoms with E-state index in [0.717, 1.165) is 31.7 Å². The summed E-state index contributed by atoms with van der Waals surface area (Å²) in [6.07, 6.45) is 3.84. The zero-order valence-electron chi connectivity index (χ0n) is 11.4. The second-order valence-electron chi connectivity index (χ2n) is 4.60. The largest absolute Gasteiger partial charge is 0.398 e. The molecule has 4 nitrogen and oxygen atoms in total. The molecule has 0 bridgehead atoms. The summed E-state index contributed by atoms with van der Waals surface area (Å²) in [6.45, 7) is 4.02. The number of sulfonamides is 1. The van der Waals surface area contributed by atoms with Crippen LogP contribution in [0.2, 0.25) is 0 Å². The van der Waals surface area contributed by atoms with Gasteiger partial charge in [0, 0.05) is 12.2 Å². The second kappa shape index (κ2) is 6.86. The number of halogens is 1. The second-order valence-corrected chi connectivity index (χ2v) is 6.33. The number of hydrogen-bond donors (Lipinski definition) is 2. The zero-order valence-corrected chi connectivity index (χ0v) is 12.2. The average Bonchev–Trinajstić information content (AvgIpc) is 2.33. The molecule has 0 aliphatic rings. The van der Waals surface area contributed by atoms with Gasteiger partial charge in [-0.25, -0.2) is 17.5 Å². The van der Waals surface area contributed by atoms with Crippen molar-refractivity contribution < 1.29 is 12.8 Å². The van der Waals surface area contributed by atoms with E-state index in [0.29, 0.717) is 12.1 Å². The smallest absolute Gasteiger partial charge is 0.243 e. The molecule has 108 valence electrons. The lowest BCUT2D eigenvalue weighted by Gasteiger charge is -2.09. The highest BCUT2D eigenvalue weighted by Crippen LogP contribution is 2.21. The Bertz CT molecular complexity index is 530.